The fraction of sp³-hybridized carbons (Fsp3) is 0.312. The van der Waals surface area contributed by atoms with Crippen molar-refractivity contribution < 1.29 is 18.8 Å². The molecule has 2 heterocycles. The Morgan fingerprint density at radius 1 is 1.17 bits per heavy atom. The van der Waals surface area contributed by atoms with Crippen LogP contribution >= 0.6 is 11.8 Å². The van der Waals surface area contributed by atoms with Gasteiger partial charge in [-0.15, -0.1) is 0 Å². The van der Waals surface area contributed by atoms with E-state index in [2.05, 4.69) is 0 Å². The molecule has 23 heavy (non-hydrogen) atoms. The van der Waals surface area contributed by atoms with Gasteiger partial charge < -0.3 is 4.90 Å². The molecule has 1 aromatic carbocycles. The smallest absolute Gasteiger partial charge is 0.294 e. The molecule has 2 aliphatic rings. The predicted octanol–water partition coefficient (Wildman–Crippen LogP) is 2.48. The van der Waals surface area contributed by atoms with Crippen molar-refractivity contribution in [1.82, 2.24) is 9.80 Å². The van der Waals surface area contributed by atoms with Crippen LogP contribution in [-0.2, 0) is 9.59 Å². The monoisotopic (exact) mass is 334 g/mol. The summed E-state index contributed by atoms with van der Waals surface area (Å²) in [5.41, 5.74) is 0.628. The molecule has 120 valence electrons. The van der Waals surface area contributed by atoms with Crippen LogP contribution in [0, 0.1) is 5.82 Å². The first-order valence-electron chi connectivity index (χ1n) is 7.33. The van der Waals surface area contributed by atoms with Gasteiger partial charge in [0.2, 0.25) is 5.91 Å². The number of carbonyl (C=O) groups is 3. The average molecular weight is 334 g/mol. The molecule has 2 saturated heterocycles. The number of nitrogens with zero attached hydrogens (tertiary/aromatic N) is 2. The van der Waals surface area contributed by atoms with Gasteiger partial charge in [-0.2, -0.15) is 0 Å². The average Bonchev–Trinajstić information content (AvgIpc) is 3.14. The van der Waals surface area contributed by atoms with Crippen LogP contribution in [0.25, 0.3) is 6.08 Å². The number of rotatable bonds is 3. The highest BCUT2D eigenvalue weighted by atomic mass is 32.2. The highest BCUT2D eigenvalue weighted by molar-refractivity contribution is 8.18. The first-order valence-corrected chi connectivity index (χ1v) is 8.15. The number of amides is 3. The van der Waals surface area contributed by atoms with Gasteiger partial charge in [-0.3, -0.25) is 19.3 Å². The van der Waals surface area contributed by atoms with Crippen LogP contribution in [-0.4, -0.2) is 46.5 Å². The molecule has 3 amide bonds. The van der Waals surface area contributed by atoms with Crippen molar-refractivity contribution in [3.8, 4) is 0 Å². The highest BCUT2D eigenvalue weighted by Crippen LogP contribution is 2.32. The van der Waals surface area contributed by atoms with Crippen LogP contribution in [0.3, 0.4) is 0 Å². The number of hydrogen-bond acceptors (Lipinski definition) is 4. The number of likely N-dealkylation sites (tertiary alicyclic amines) is 1. The number of benzene rings is 1. The molecule has 7 heteroatoms. The molecule has 1 aromatic rings. The van der Waals surface area contributed by atoms with Gasteiger partial charge in [0.15, 0.2) is 0 Å². The van der Waals surface area contributed by atoms with E-state index in [0.29, 0.717) is 18.7 Å². The van der Waals surface area contributed by atoms with Crippen molar-refractivity contribution in [2.24, 2.45) is 0 Å². The van der Waals surface area contributed by atoms with Gasteiger partial charge in [-0.25, -0.2) is 4.39 Å². The van der Waals surface area contributed by atoms with Crippen molar-refractivity contribution in [2.75, 3.05) is 19.6 Å². The van der Waals surface area contributed by atoms with Gasteiger partial charge in [0, 0.05) is 13.1 Å². The van der Waals surface area contributed by atoms with E-state index >= 15 is 0 Å². The zero-order valence-electron chi connectivity index (χ0n) is 12.3. The van der Waals surface area contributed by atoms with Crippen molar-refractivity contribution >= 4 is 34.9 Å². The fourth-order valence-corrected chi connectivity index (χ4v) is 3.39. The minimum absolute atomic E-state index is 0.201. The lowest BCUT2D eigenvalue weighted by molar-refractivity contribution is -0.135. The van der Waals surface area contributed by atoms with Crippen LogP contribution in [0.15, 0.2) is 29.2 Å². The van der Waals surface area contributed by atoms with E-state index in [9.17, 15) is 18.8 Å². The van der Waals surface area contributed by atoms with Crippen LogP contribution < -0.4 is 0 Å². The molecule has 0 N–H and O–H groups in total. The van der Waals surface area contributed by atoms with Crippen LogP contribution in [0.1, 0.15) is 18.4 Å². The zero-order chi connectivity index (χ0) is 16.4. The Hall–Kier alpha value is -2.15. The summed E-state index contributed by atoms with van der Waals surface area (Å²) in [6.45, 7) is 1.15. The standard InChI is InChI=1S/C16H15FN2O3S/c17-12-5-3-11(4-6-12)9-13-15(21)19(16(22)23-13)10-14(20)18-7-1-2-8-18/h3-6,9H,1-2,7-8,10H2/b13-9+. The van der Waals surface area contributed by atoms with Crippen LogP contribution in [0.4, 0.5) is 9.18 Å². The van der Waals surface area contributed by atoms with Gasteiger partial charge in [-0.1, -0.05) is 12.1 Å². The summed E-state index contributed by atoms with van der Waals surface area (Å²) in [7, 11) is 0. The summed E-state index contributed by atoms with van der Waals surface area (Å²) in [6.07, 6.45) is 3.45. The molecule has 0 bridgehead atoms. The molecule has 0 spiro atoms. The molecule has 0 unspecified atom stereocenters. The number of thioether (sulfide) groups is 1. The second-order valence-electron chi connectivity index (χ2n) is 5.41. The lowest BCUT2D eigenvalue weighted by atomic mass is 10.2. The van der Waals surface area contributed by atoms with Gasteiger partial charge >= 0.3 is 0 Å². The number of halogens is 1. The van der Waals surface area contributed by atoms with Crippen LogP contribution in [0.5, 0.6) is 0 Å². The highest BCUT2D eigenvalue weighted by Gasteiger charge is 2.37. The summed E-state index contributed by atoms with van der Waals surface area (Å²) < 4.78 is 12.9. The molecule has 0 saturated carbocycles. The molecule has 0 aliphatic carbocycles. The third-order valence-corrected chi connectivity index (χ3v) is 4.70. The summed E-state index contributed by atoms with van der Waals surface area (Å²) in [4.78, 5) is 39.3. The minimum atomic E-state index is -0.475. The number of imide groups is 1. The van der Waals surface area contributed by atoms with E-state index in [0.717, 1.165) is 29.5 Å². The van der Waals surface area contributed by atoms with E-state index in [1.54, 1.807) is 4.90 Å². The third-order valence-electron chi connectivity index (χ3n) is 3.79. The Kier molecular flexibility index (Phi) is 4.47. The molecular weight excluding hydrogens is 319 g/mol. The molecule has 3 rings (SSSR count). The largest absolute Gasteiger partial charge is 0.341 e. The summed E-state index contributed by atoms with van der Waals surface area (Å²) in [6, 6.07) is 5.62. The second-order valence-corrected chi connectivity index (χ2v) is 6.40. The third kappa shape index (κ3) is 3.44. The molecular formula is C16H15FN2O3S. The Balaban J connectivity index is 1.71. The van der Waals surface area contributed by atoms with Crippen molar-refractivity contribution in [3.05, 3.63) is 40.6 Å². The molecule has 5 nitrogen and oxygen atoms in total. The van der Waals surface area contributed by atoms with Crippen molar-refractivity contribution in [3.63, 3.8) is 0 Å². The van der Waals surface area contributed by atoms with Crippen LogP contribution in [0.2, 0.25) is 0 Å². The molecule has 0 aromatic heterocycles. The Labute approximate surface area is 137 Å². The van der Waals surface area contributed by atoms with E-state index in [1.807, 2.05) is 0 Å². The van der Waals surface area contributed by atoms with E-state index in [-0.39, 0.29) is 23.2 Å². The topological polar surface area (TPSA) is 57.7 Å². The first-order chi connectivity index (χ1) is 11.0. The van der Waals surface area contributed by atoms with E-state index in [4.69, 9.17) is 0 Å². The zero-order valence-corrected chi connectivity index (χ0v) is 13.1. The van der Waals surface area contributed by atoms with Gasteiger partial charge in [0.25, 0.3) is 11.1 Å². The molecule has 2 fully saturated rings. The lowest BCUT2D eigenvalue weighted by Crippen LogP contribution is -2.40. The quantitative estimate of drug-likeness (QED) is 0.797. The van der Waals surface area contributed by atoms with E-state index < -0.39 is 11.1 Å². The normalized spacial score (nSPS) is 20.0. The molecule has 0 atom stereocenters. The molecule has 2 aliphatic heterocycles. The first kappa shape index (κ1) is 15.7. The van der Waals surface area contributed by atoms with Crippen molar-refractivity contribution in [1.29, 1.82) is 0 Å². The number of hydrogen-bond donors (Lipinski definition) is 0. The maximum atomic E-state index is 12.9. The lowest BCUT2D eigenvalue weighted by Gasteiger charge is -2.18. The number of carbonyl (C=O) groups excluding carboxylic acids is 3. The Morgan fingerprint density at radius 2 is 1.83 bits per heavy atom. The van der Waals surface area contributed by atoms with Crippen molar-refractivity contribution in [2.45, 2.75) is 12.8 Å². The Bertz CT molecular complexity index is 681. The summed E-state index contributed by atoms with van der Waals surface area (Å²) in [5.74, 6) is -1.05. The van der Waals surface area contributed by atoms with Gasteiger partial charge in [-0.05, 0) is 48.4 Å². The Morgan fingerprint density at radius 3 is 2.48 bits per heavy atom. The maximum Gasteiger partial charge on any atom is 0.294 e. The second kappa shape index (κ2) is 6.54. The fourth-order valence-electron chi connectivity index (χ4n) is 2.55. The molecule has 0 radical (unpaired) electrons. The van der Waals surface area contributed by atoms with Gasteiger partial charge in [0.1, 0.15) is 12.4 Å². The summed E-state index contributed by atoms with van der Waals surface area (Å²) in [5, 5.41) is -0.448. The summed E-state index contributed by atoms with van der Waals surface area (Å²) >= 11 is 0.799. The minimum Gasteiger partial charge on any atom is -0.341 e. The van der Waals surface area contributed by atoms with Gasteiger partial charge in [0.05, 0.1) is 4.91 Å². The predicted molar refractivity (Wildman–Crippen MR) is 84.9 cm³/mol. The maximum absolute atomic E-state index is 12.9. The SMILES string of the molecule is O=C(CN1C(=O)S/C(=C/c2ccc(F)cc2)C1=O)N1CCCC1. The van der Waals surface area contributed by atoms with E-state index in [1.165, 1.54) is 30.3 Å².